The van der Waals surface area contributed by atoms with Crippen LogP contribution in [-0.2, 0) is 20.7 Å². The highest BCUT2D eigenvalue weighted by Crippen LogP contribution is 2.13. The third kappa shape index (κ3) is 8.60. The van der Waals surface area contributed by atoms with Crippen LogP contribution in [0.5, 0.6) is 0 Å². The van der Waals surface area contributed by atoms with Gasteiger partial charge in [-0.05, 0) is 51.9 Å². The smallest absolute Gasteiger partial charge is 0.407 e. The molecule has 0 radical (unpaired) electrons. The summed E-state index contributed by atoms with van der Waals surface area (Å²) in [6, 6.07) is 6.12. The van der Waals surface area contributed by atoms with Crippen LogP contribution in [0, 0.1) is 0 Å². The molecule has 0 heterocycles. The largest absolute Gasteiger partial charge is 0.468 e. The molecule has 0 aromatic heterocycles. The number of hydrogen-bond donors (Lipinski definition) is 2. The van der Waals surface area contributed by atoms with Gasteiger partial charge in [0.2, 0.25) is 0 Å². The van der Waals surface area contributed by atoms with Crippen molar-refractivity contribution in [2.45, 2.75) is 44.9 Å². The first-order valence-corrected chi connectivity index (χ1v) is 9.06. The Morgan fingerprint density at radius 2 is 1.85 bits per heavy atom. The van der Waals surface area contributed by atoms with E-state index in [2.05, 4.69) is 5.32 Å². The average molecular weight is 401 g/mol. The second-order valence-corrected chi connectivity index (χ2v) is 7.77. The molecule has 0 fully saturated rings. The molecule has 1 amide bonds. The van der Waals surface area contributed by atoms with E-state index in [-0.39, 0.29) is 12.6 Å². The SMILES string of the molecule is COC(=O)[C@H](CO)N(C)C[C@H](Cc1ccc(Cl)cc1)NC(=O)OC(C)(C)C. The van der Waals surface area contributed by atoms with E-state index in [0.29, 0.717) is 18.0 Å². The number of nitrogens with one attached hydrogen (secondary N) is 1. The number of ether oxygens (including phenoxy) is 2. The van der Waals surface area contributed by atoms with Crippen LogP contribution in [-0.4, -0.2) is 67.1 Å². The number of benzene rings is 1. The Bertz CT molecular complexity index is 616. The number of esters is 1. The zero-order valence-corrected chi connectivity index (χ0v) is 17.2. The molecule has 0 unspecified atom stereocenters. The van der Waals surface area contributed by atoms with Crippen LogP contribution in [0.2, 0.25) is 5.02 Å². The topological polar surface area (TPSA) is 88.1 Å². The number of carbonyl (C=O) groups is 2. The second-order valence-electron chi connectivity index (χ2n) is 7.33. The van der Waals surface area contributed by atoms with Crippen molar-refractivity contribution in [1.29, 1.82) is 0 Å². The van der Waals surface area contributed by atoms with Gasteiger partial charge in [0.15, 0.2) is 0 Å². The van der Waals surface area contributed by atoms with Crippen LogP contribution in [0.3, 0.4) is 0 Å². The molecule has 1 aromatic rings. The quantitative estimate of drug-likeness (QED) is 0.650. The first-order valence-electron chi connectivity index (χ1n) is 8.68. The molecule has 1 aromatic carbocycles. The second kappa shape index (κ2) is 10.5. The Hall–Kier alpha value is -1.83. The van der Waals surface area contributed by atoms with Crippen molar-refractivity contribution >= 4 is 23.7 Å². The fourth-order valence-electron chi connectivity index (χ4n) is 2.55. The highest BCUT2D eigenvalue weighted by Gasteiger charge is 2.27. The van der Waals surface area contributed by atoms with Gasteiger partial charge in [0.25, 0.3) is 0 Å². The van der Waals surface area contributed by atoms with E-state index in [4.69, 9.17) is 21.1 Å². The highest BCUT2D eigenvalue weighted by molar-refractivity contribution is 6.30. The molecule has 1 rings (SSSR count). The van der Waals surface area contributed by atoms with Gasteiger partial charge in [-0.1, -0.05) is 23.7 Å². The van der Waals surface area contributed by atoms with Crippen LogP contribution in [0.1, 0.15) is 26.3 Å². The first kappa shape index (κ1) is 23.2. The normalized spacial score (nSPS) is 13.8. The van der Waals surface area contributed by atoms with E-state index in [1.807, 2.05) is 12.1 Å². The number of likely N-dealkylation sites (N-methyl/N-ethyl adjacent to an activating group) is 1. The monoisotopic (exact) mass is 400 g/mol. The molecule has 152 valence electrons. The van der Waals surface area contributed by atoms with Crippen LogP contribution in [0.25, 0.3) is 0 Å². The maximum atomic E-state index is 12.2. The number of nitrogens with zero attached hydrogens (tertiary/aromatic N) is 1. The number of methoxy groups -OCH3 is 1. The molecular formula is C19H29ClN2O5. The van der Waals surface area contributed by atoms with Crippen molar-refractivity contribution in [3.63, 3.8) is 0 Å². The summed E-state index contributed by atoms with van der Waals surface area (Å²) in [7, 11) is 2.95. The van der Waals surface area contributed by atoms with Gasteiger partial charge in [-0.2, -0.15) is 0 Å². The number of amides is 1. The van der Waals surface area contributed by atoms with Gasteiger partial charge < -0.3 is 19.9 Å². The van der Waals surface area contributed by atoms with Crippen molar-refractivity contribution < 1.29 is 24.2 Å². The van der Waals surface area contributed by atoms with Crippen LogP contribution >= 0.6 is 11.6 Å². The van der Waals surface area contributed by atoms with Gasteiger partial charge in [-0.25, -0.2) is 4.79 Å². The van der Waals surface area contributed by atoms with E-state index in [0.717, 1.165) is 5.56 Å². The van der Waals surface area contributed by atoms with Gasteiger partial charge in [0, 0.05) is 17.6 Å². The van der Waals surface area contributed by atoms with Crippen molar-refractivity contribution in [2.75, 3.05) is 27.3 Å². The van der Waals surface area contributed by atoms with Gasteiger partial charge in [-0.15, -0.1) is 0 Å². The summed E-state index contributed by atoms with van der Waals surface area (Å²) >= 11 is 5.92. The van der Waals surface area contributed by atoms with Crippen molar-refractivity contribution in [3.8, 4) is 0 Å². The minimum atomic E-state index is -0.817. The summed E-state index contributed by atoms with van der Waals surface area (Å²) in [6.45, 7) is 5.27. The lowest BCUT2D eigenvalue weighted by Gasteiger charge is -2.30. The molecule has 7 nitrogen and oxygen atoms in total. The molecule has 0 saturated carbocycles. The fourth-order valence-corrected chi connectivity index (χ4v) is 2.67. The Balaban J connectivity index is 2.89. The molecular weight excluding hydrogens is 372 g/mol. The molecule has 8 heteroatoms. The summed E-state index contributed by atoms with van der Waals surface area (Å²) in [4.78, 5) is 25.7. The first-order chi connectivity index (χ1) is 12.6. The number of rotatable bonds is 8. The zero-order valence-electron chi connectivity index (χ0n) is 16.5. The molecule has 2 N–H and O–H groups in total. The standard InChI is InChI=1S/C19H29ClN2O5/c1-19(2,3)27-18(25)21-15(10-13-6-8-14(20)9-7-13)11-22(4)16(12-23)17(24)26-5/h6-9,15-16,23H,10-12H2,1-5H3,(H,21,25)/t15-,16-/m0/s1. The molecule has 0 spiro atoms. The number of carbonyl (C=O) groups excluding carboxylic acids is 2. The minimum Gasteiger partial charge on any atom is -0.468 e. The molecule has 0 aliphatic carbocycles. The maximum Gasteiger partial charge on any atom is 0.407 e. The summed E-state index contributed by atoms with van der Waals surface area (Å²) in [5.41, 5.74) is 0.341. The van der Waals surface area contributed by atoms with Gasteiger partial charge in [-0.3, -0.25) is 9.69 Å². The summed E-state index contributed by atoms with van der Waals surface area (Å²) in [5, 5.41) is 13.0. The van der Waals surface area contributed by atoms with Crippen molar-refractivity contribution in [2.24, 2.45) is 0 Å². The Morgan fingerprint density at radius 1 is 1.26 bits per heavy atom. The summed E-state index contributed by atoms with van der Waals surface area (Å²) in [5.74, 6) is -0.539. The third-order valence-electron chi connectivity index (χ3n) is 3.80. The number of hydrogen-bond acceptors (Lipinski definition) is 6. The van der Waals surface area contributed by atoms with Crippen LogP contribution < -0.4 is 5.32 Å². The van der Waals surface area contributed by atoms with Crippen LogP contribution in [0.15, 0.2) is 24.3 Å². The minimum absolute atomic E-state index is 0.308. The molecule has 0 aliphatic rings. The number of aliphatic hydroxyl groups excluding tert-OH is 1. The van der Waals surface area contributed by atoms with Crippen LogP contribution in [0.4, 0.5) is 4.79 Å². The van der Waals surface area contributed by atoms with Gasteiger partial charge in [0.1, 0.15) is 11.6 Å². The summed E-state index contributed by atoms with van der Waals surface area (Å²) < 4.78 is 10.0. The zero-order chi connectivity index (χ0) is 20.6. The van der Waals surface area contributed by atoms with E-state index < -0.39 is 23.7 Å². The molecule has 0 bridgehead atoms. The lowest BCUT2D eigenvalue weighted by Crippen LogP contribution is -2.51. The Labute approximate surface area is 165 Å². The van der Waals surface area contributed by atoms with Crippen molar-refractivity contribution in [1.82, 2.24) is 10.2 Å². The summed E-state index contributed by atoms with van der Waals surface area (Å²) in [6.07, 6.45) is -0.0476. The lowest BCUT2D eigenvalue weighted by atomic mass is 10.0. The predicted octanol–water partition coefficient (Wildman–Crippen LogP) is 2.24. The Kier molecular flexibility index (Phi) is 9.02. The maximum absolute atomic E-state index is 12.2. The highest BCUT2D eigenvalue weighted by atomic mass is 35.5. The number of aliphatic hydroxyl groups is 1. The number of halogens is 1. The van der Waals surface area contributed by atoms with E-state index in [1.165, 1.54) is 7.11 Å². The fraction of sp³-hybridized carbons (Fsp3) is 0.579. The van der Waals surface area contributed by atoms with Gasteiger partial charge in [0.05, 0.1) is 13.7 Å². The lowest BCUT2D eigenvalue weighted by molar-refractivity contribution is -0.148. The van der Waals surface area contributed by atoms with Crippen molar-refractivity contribution in [3.05, 3.63) is 34.9 Å². The van der Waals surface area contributed by atoms with Gasteiger partial charge >= 0.3 is 12.1 Å². The number of alkyl carbamates (subject to hydrolysis) is 1. The average Bonchev–Trinajstić information content (AvgIpc) is 2.55. The van der Waals surface area contributed by atoms with E-state index >= 15 is 0 Å². The molecule has 0 aliphatic heterocycles. The van der Waals surface area contributed by atoms with E-state index in [9.17, 15) is 14.7 Å². The molecule has 2 atom stereocenters. The Morgan fingerprint density at radius 3 is 2.33 bits per heavy atom. The molecule has 27 heavy (non-hydrogen) atoms. The predicted molar refractivity (Wildman–Crippen MR) is 104 cm³/mol. The third-order valence-corrected chi connectivity index (χ3v) is 4.05. The van der Waals surface area contributed by atoms with E-state index in [1.54, 1.807) is 44.9 Å². The molecule has 0 saturated heterocycles.